The zero-order valence-corrected chi connectivity index (χ0v) is 16.1. The molecule has 0 aliphatic heterocycles. The number of alkyl halides is 6. The maximum absolute atomic E-state index is 13.0. The number of hydrogen-bond donors (Lipinski definition) is 1. The fourth-order valence-corrected chi connectivity index (χ4v) is 3.01. The fourth-order valence-electron chi connectivity index (χ4n) is 3.01. The maximum Gasteiger partial charge on any atom is 0.416 e. The van der Waals surface area contributed by atoms with Crippen molar-refractivity contribution in [2.45, 2.75) is 12.4 Å². The summed E-state index contributed by atoms with van der Waals surface area (Å²) < 4.78 is 80.1. The SMILES string of the molecule is O=C(Nn1cnc2c(cnn2-c2ccccc2)c1=O)c1cc(C(F)(F)F)cc(C(F)(F)F)c1. The molecule has 170 valence electrons. The Hall–Kier alpha value is -4.16. The van der Waals surface area contributed by atoms with Crippen molar-refractivity contribution < 1.29 is 31.1 Å². The van der Waals surface area contributed by atoms with Gasteiger partial charge >= 0.3 is 12.4 Å². The molecule has 0 saturated heterocycles. The van der Waals surface area contributed by atoms with Crippen molar-refractivity contribution in [1.29, 1.82) is 0 Å². The van der Waals surface area contributed by atoms with Gasteiger partial charge in [0.1, 0.15) is 11.7 Å². The summed E-state index contributed by atoms with van der Waals surface area (Å²) in [5, 5.41) is 4.02. The van der Waals surface area contributed by atoms with Gasteiger partial charge < -0.3 is 0 Å². The predicted octanol–water partition coefficient (Wildman–Crippen LogP) is 4.00. The summed E-state index contributed by atoms with van der Waals surface area (Å²) in [5.74, 6) is -1.37. The Kier molecular flexibility index (Phi) is 5.18. The molecule has 0 atom stereocenters. The average Bonchev–Trinajstić information content (AvgIpc) is 3.19. The van der Waals surface area contributed by atoms with Crippen LogP contribution in [0.1, 0.15) is 21.5 Å². The number of amides is 1. The van der Waals surface area contributed by atoms with Crippen LogP contribution >= 0.6 is 0 Å². The second kappa shape index (κ2) is 7.76. The van der Waals surface area contributed by atoms with Gasteiger partial charge in [0.2, 0.25) is 0 Å². The Balaban J connectivity index is 1.71. The van der Waals surface area contributed by atoms with E-state index in [4.69, 9.17) is 0 Å². The molecule has 2 aromatic heterocycles. The Morgan fingerprint density at radius 1 is 0.909 bits per heavy atom. The number of fused-ring (bicyclic) bond motifs is 1. The molecule has 4 rings (SSSR count). The molecule has 33 heavy (non-hydrogen) atoms. The van der Waals surface area contributed by atoms with Gasteiger partial charge in [-0.2, -0.15) is 31.4 Å². The minimum absolute atomic E-state index is 0.0401. The third-order valence-electron chi connectivity index (χ3n) is 4.56. The van der Waals surface area contributed by atoms with Crippen molar-refractivity contribution >= 4 is 16.9 Å². The lowest BCUT2D eigenvalue weighted by atomic mass is 10.0. The summed E-state index contributed by atoms with van der Waals surface area (Å²) in [6.07, 6.45) is -8.20. The van der Waals surface area contributed by atoms with E-state index in [-0.39, 0.29) is 29.2 Å². The number of nitrogens with one attached hydrogen (secondary N) is 1. The van der Waals surface area contributed by atoms with Gasteiger partial charge in [0.15, 0.2) is 5.65 Å². The van der Waals surface area contributed by atoms with Crippen LogP contribution < -0.4 is 11.0 Å². The molecule has 0 aliphatic carbocycles. The zero-order valence-electron chi connectivity index (χ0n) is 16.1. The van der Waals surface area contributed by atoms with Gasteiger partial charge in [0.25, 0.3) is 11.5 Å². The van der Waals surface area contributed by atoms with Crippen molar-refractivity contribution in [3.05, 3.63) is 88.1 Å². The highest BCUT2D eigenvalue weighted by Crippen LogP contribution is 2.36. The van der Waals surface area contributed by atoms with Gasteiger partial charge in [-0.3, -0.25) is 15.0 Å². The van der Waals surface area contributed by atoms with Crippen LogP contribution in [-0.4, -0.2) is 25.3 Å². The third-order valence-corrected chi connectivity index (χ3v) is 4.56. The number of carbonyl (C=O) groups excluding carboxylic acids is 1. The summed E-state index contributed by atoms with van der Waals surface area (Å²) in [7, 11) is 0. The summed E-state index contributed by atoms with van der Waals surface area (Å²) in [6, 6.07) is 9.05. The molecule has 0 fully saturated rings. The van der Waals surface area contributed by atoms with Crippen LogP contribution in [0, 0.1) is 0 Å². The predicted molar refractivity (Wildman–Crippen MR) is 103 cm³/mol. The van der Waals surface area contributed by atoms with Crippen molar-refractivity contribution in [1.82, 2.24) is 19.4 Å². The molecule has 2 heterocycles. The quantitative estimate of drug-likeness (QED) is 0.462. The van der Waals surface area contributed by atoms with Crippen LogP contribution in [0.3, 0.4) is 0 Å². The Morgan fingerprint density at radius 3 is 2.09 bits per heavy atom. The first kappa shape index (κ1) is 22.0. The fraction of sp³-hybridized carbons (Fsp3) is 0.100. The minimum atomic E-state index is -5.13. The molecular formula is C20H11F6N5O2. The number of halogens is 6. The van der Waals surface area contributed by atoms with E-state index in [9.17, 15) is 35.9 Å². The highest BCUT2D eigenvalue weighted by atomic mass is 19.4. The Labute approximate surface area is 179 Å². The van der Waals surface area contributed by atoms with E-state index in [0.29, 0.717) is 10.4 Å². The normalized spacial score (nSPS) is 12.2. The van der Waals surface area contributed by atoms with Gasteiger partial charge in [0.05, 0.1) is 23.0 Å². The molecule has 0 aliphatic rings. The molecule has 13 heteroatoms. The molecule has 0 radical (unpaired) electrons. The van der Waals surface area contributed by atoms with Crippen LogP contribution in [0.15, 0.2) is 65.8 Å². The van der Waals surface area contributed by atoms with Crippen LogP contribution in [0.25, 0.3) is 16.7 Å². The molecule has 0 spiro atoms. The van der Waals surface area contributed by atoms with Crippen LogP contribution in [0.2, 0.25) is 0 Å². The molecule has 1 N–H and O–H groups in total. The van der Waals surface area contributed by atoms with Crippen LogP contribution in [0.4, 0.5) is 26.3 Å². The van der Waals surface area contributed by atoms with Crippen molar-refractivity contribution in [2.24, 2.45) is 0 Å². The first-order valence-corrected chi connectivity index (χ1v) is 9.07. The summed E-state index contributed by atoms with van der Waals surface area (Å²) in [6.45, 7) is 0. The number of rotatable bonds is 3. The summed E-state index contributed by atoms with van der Waals surface area (Å²) >= 11 is 0. The van der Waals surface area contributed by atoms with Crippen molar-refractivity contribution in [3.8, 4) is 5.69 Å². The van der Waals surface area contributed by atoms with E-state index in [0.717, 1.165) is 6.33 Å². The molecule has 0 saturated carbocycles. The van der Waals surface area contributed by atoms with Crippen LogP contribution in [-0.2, 0) is 12.4 Å². The Morgan fingerprint density at radius 2 is 1.52 bits per heavy atom. The van der Waals surface area contributed by atoms with Gasteiger partial charge in [-0.15, -0.1) is 0 Å². The molecule has 0 unspecified atom stereocenters. The second-order valence-electron chi connectivity index (χ2n) is 6.78. The molecule has 7 nitrogen and oxygen atoms in total. The lowest BCUT2D eigenvalue weighted by Gasteiger charge is -2.14. The monoisotopic (exact) mass is 467 g/mol. The van der Waals surface area contributed by atoms with Gasteiger partial charge in [-0.25, -0.2) is 14.3 Å². The third kappa shape index (κ3) is 4.29. The highest BCUT2D eigenvalue weighted by molar-refractivity contribution is 6.00. The number of nitrogens with zero attached hydrogens (tertiary/aromatic N) is 4. The van der Waals surface area contributed by atoms with Crippen molar-refractivity contribution in [3.63, 3.8) is 0 Å². The minimum Gasteiger partial charge on any atom is -0.267 e. The van der Waals surface area contributed by atoms with E-state index >= 15 is 0 Å². The molecule has 0 bridgehead atoms. The Bertz CT molecular complexity index is 1370. The summed E-state index contributed by atoms with van der Waals surface area (Å²) in [4.78, 5) is 29.1. The largest absolute Gasteiger partial charge is 0.416 e. The topological polar surface area (TPSA) is 81.8 Å². The van der Waals surface area contributed by atoms with Gasteiger partial charge in [-0.05, 0) is 30.3 Å². The second-order valence-corrected chi connectivity index (χ2v) is 6.78. The average molecular weight is 467 g/mol. The van der Waals surface area contributed by atoms with Gasteiger partial charge in [-0.1, -0.05) is 18.2 Å². The lowest BCUT2D eigenvalue weighted by molar-refractivity contribution is -0.143. The molecule has 2 aromatic carbocycles. The number of aromatic nitrogens is 4. The van der Waals surface area contributed by atoms with Crippen molar-refractivity contribution in [2.75, 3.05) is 5.43 Å². The van der Waals surface area contributed by atoms with Crippen LogP contribution in [0.5, 0.6) is 0 Å². The smallest absolute Gasteiger partial charge is 0.267 e. The number of benzene rings is 2. The van der Waals surface area contributed by atoms with E-state index in [1.165, 1.54) is 10.9 Å². The highest BCUT2D eigenvalue weighted by Gasteiger charge is 2.37. The maximum atomic E-state index is 13.0. The number of carbonyl (C=O) groups is 1. The molecule has 1 amide bonds. The molecular weight excluding hydrogens is 456 g/mol. The van der Waals surface area contributed by atoms with E-state index in [1.807, 2.05) is 5.43 Å². The number of hydrogen-bond acceptors (Lipinski definition) is 4. The molecule has 4 aromatic rings. The van der Waals surface area contributed by atoms with E-state index < -0.39 is 40.5 Å². The first-order chi connectivity index (χ1) is 15.4. The lowest BCUT2D eigenvalue weighted by Crippen LogP contribution is -2.33. The number of para-hydroxylation sites is 1. The van der Waals surface area contributed by atoms with E-state index in [2.05, 4.69) is 10.1 Å². The summed E-state index contributed by atoms with van der Waals surface area (Å²) in [5.41, 5.74) is -2.42. The van der Waals surface area contributed by atoms with E-state index in [1.54, 1.807) is 30.3 Å². The first-order valence-electron chi connectivity index (χ1n) is 9.07. The zero-order chi connectivity index (χ0) is 24.0. The van der Waals surface area contributed by atoms with Gasteiger partial charge in [0, 0.05) is 5.56 Å². The standard InChI is InChI=1S/C20H11F6N5O2/c21-19(22,23)12-6-11(7-13(8-12)20(24,25)26)17(32)29-30-10-27-16-15(18(30)33)9-28-31(16)14-4-2-1-3-5-14/h1-10H,(H,29,32).